The zero-order valence-electron chi connectivity index (χ0n) is 9.72. The van der Waals surface area contributed by atoms with Crippen molar-refractivity contribution in [2.24, 2.45) is 0 Å². The highest BCUT2D eigenvalue weighted by atomic mass is 35.5. The van der Waals surface area contributed by atoms with Gasteiger partial charge in [-0.15, -0.1) is 0 Å². The molecule has 0 aromatic heterocycles. The summed E-state index contributed by atoms with van der Waals surface area (Å²) in [6, 6.07) is 4.04. The fourth-order valence-electron chi connectivity index (χ4n) is 1.42. The largest absolute Gasteiger partial charge is 0.479 e. The summed E-state index contributed by atoms with van der Waals surface area (Å²) in [5.74, 6) is -2.33. The smallest absolute Gasteiger partial charge is 0.344 e. The van der Waals surface area contributed by atoms with E-state index in [1.165, 1.54) is 18.2 Å². The molecule has 0 spiro atoms. The number of benzene rings is 1. The molecule has 0 saturated heterocycles. The van der Waals surface area contributed by atoms with Crippen LogP contribution in [0, 0.1) is 0 Å². The number of halogens is 1. The van der Waals surface area contributed by atoms with Crippen molar-refractivity contribution in [3.05, 3.63) is 28.8 Å². The molecule has 0 aliphatic heterocycles. The van der Waals surface area contributed by atoms with Crippen LogP contribution in [0.5, 0.6) is 5.75 Å². The van der Waals surface area contributed by atoms with E-state index in [2.05, 4.69) is 0 Å². The average Bonchev–Trinajstić information content (AvgIpc) is 2.30. The maximum absolute atomic E-state index is 11.0. The second-order valence-corrected chi connectivity index (χ2v) is 4.12. The van der Waals surface area contributed by atoms with Crippen LogP contribution in [0.25, 0.3) is 0 Å². The summed E-state index contributed by atoms with van der Waals surface area (Å²) >= 11 is 5.69. The molecule has 0 amide bonds. The van der Waals surface area contributed by atoms with E-state index in [4.69, 9.17) is 26.6 Å². The molecule has 2 N–H and O–H groups in total. The Morgan fingerprint density at radius 1 is 1.39 bits per heavy atom. The maximum Gasteiger partial charge on any atom is 0.344 e. The number of hydrogen-bond donors (Lipinski definition) is 2. The van der Waals surface area contributed by atoms with Crippen LogP contribution in [0.15, 0.2) is 18.2 Å². The first kappa shape index (κ1) is 14.3. The van der Waals surface area contributed by atoms with Gasteiger partial charge in [-0.2, -0.15) is 0 Å². The summed E-state index contributed by atoms with van der Waals surface area (Å²) in [5.41, 5.74) is -0.148. The van der Waals surface area contributed by atoms with Crippen molar-refractivity contribution in [3.63, 3.8) is 0 Å². The number of carboxylic acids is 2. The second-order valence-electron chi connectivity index (χ2n) is 3.68. The molecule has 1 aromatic carbocycles. The number of carbonyl (C=O) groups is 2. The van der Waals surface area contributed by atoms with Crippen LogP contribution >= 0.6 is 11.6 Å². The number of carboxylic acid groups (broad SMARTS) is 2. The lowest BCUT2D eigenvalue weighted by atomic mass is 10.1. The third kappa shape index (κ3) is 3.63. The highest BCUT2D eigenvalue weighted by Crippen LogP contribution is 2.24. The van der Waals surface area contributed by atoms with Crippen molar-refractivity contribution in [3.8, 4) is 5.75 Å². The van der Waals surface area contributed by atoms with Crippen LogP contribution in [-0.2, 0) is 4.79 Å². The predicted molar refractivity (Wildman–Crippen MR) is 65.4 cm³/mol. The minimum atomic E-state index is -1.21. The van der Waals surface area contributed by atoms with E-state index >= 15 is 0 Å². The third-order valence-corrected chi connectivity index (χ3v) is 2.50. The Morgan fingerprint density at radius 3 is 2.56 bits per heavy atom. The molecule has 0 heterocycles. The van der Waals surface area contributed by atoms with Gasteiger partial charge in [-0.25, -0.2) is 9.59 Å². The van der Waals surface area contributed by atoms with Crippen LogP contribution in [0.3, 0.4) is 0 Å². The Labute approximate surface area is 109 Å². The van der Waals surface area contributed by atoms with Crippen molar-refractivity contribution in [2.45, 2.75) is 25.9 Å². The fourth-order valence-corrected chi connectivity index (χ4v) is 1.59. The summed E-state index contributed by atoms with van der Waals surface area (Å²) in [6.07, 6.45) is -0.140. The van der Waals surface area contributed by atoms with Gasteiger partial charge in [-0.3, -0.25) is 0 Å². The molecule has 5 nitrogen and oxygen atoms in total. The van der Waals surface area contributed by atoms with E-state index < -0.39 is 18.0 Å². The van der Waals surface area contributed by atoms with E-state index in [1.54, 1.807) is 0 Å². The van der Waals surface area contributed by atoms with Gasteiger partial charge in [-0.1, -0.05) is 24.9 Å². The Bertz CT molecular complexity index is 458. The zero-order valence-corrected chi connectivity index (χ0v) is 10.5. The molecule has 1 atom stereocenters. The standard InChI is InChI=1S/C12H13ClO5/c1-2-3-10(12(16)17)18-9-5-4-7(13)6-8(9)11(14)15/h4-6,10H,2-3H2,1H3,(H,14,15)(H,16,17). The minimum absolute atomic E-state index is 0.00718. The quantitative estimate of drug-likeness (QED) is 0.832. The van der Waals surface area contributed by atoms with Gasteiger partial charge < -0.3 is 14.9 Å². The first-order valence-corrected chi connectivity index (χ1v) is 5.75. The van der Waals surface area contributed by atoms with Crippen molar-refractivity contribution >= 4 is 23.5 Å². The zero-order chi connectivity index (χ0) is 13.7. The molecule has 0 bridgehead atoms. The summed E-state index contributed by atoms with van der Waals surface area (Å²) in [5, 5.41) is 18.2. The summed E-state index contributed by atoms with van der Waals surface area (Å²) in [4.78, 5) is 21.9. The van der Waals surface area contributed by atoms with Gasteiger partial charge in [0.05, 0.1) is 0 Å². The van der Waals surface area contributed by atoms with E-state index in [9.17, 15) is 9.59 Å². The molecule has 0 radical (unpaired) electrons. The van der Waals surface area contributed by atoms with Gasteiger partial charge in [0, 0.05) is 5.02 Å². The van der Waals surface area contributed by atoms with Gasteiger partial charge in [-0.05, 0) is 24.6 Å². The summed E-state index contributed by atoms with van der Waals surface area (Å²) in [6.45, 7) is 1.82. The Kier molecular flexibility index (Phi) is 4.97. The lowest BCUT2D eigenvalue weighted by Crippen LogP contribution is -2.27. The molecule has 1 unspecified atom stereocenters. The van der Waals surface area contributed by atoms with Crippen molar-refractivity contribution < 1.29 is 24.5 Å². The number of rotatable bonds is 6. The molecule has 0 fully saturated rings. The fraction of sp³-hybridized carbons (Fsp3) is 0.333. The Hall–Kier alpha value is -1.75. The lowest BCUT2D eigenvalue weighted by Gasteiger charge is -2.16. The maximum atomic E-state index is 11.0. The summed E-state index contributed by atoms with van der Waals surface area (Å²) < 4.78 is 5.22. The van der Waals surface area contributed by atoms with E-state index in [1.807, 2.05) is 6.92 Å². The van der Waals surface area contributed by atoms with Crippen molar-refractivity contribution in [1.82, 2.24) is 0 Å². The van der Waals surface area contributed by atoms with E-state index in [0.717, 1.165) is 0 Å². The number of aromatic carboxylic acids is 1. The van der Waals surface area contributed by atoms with Crippen LogP contribution in [0.1, 0.15) is 30.1 Å². The molecule has 0 aliphatic carbocycles. The highest BCUT2D eigenvalue weighted by molar-refractivity contribution is 6.31. The van der Waals surface area contributed by atoms with Gasteiger partial charge >= 0.3 is 11.9 Å². The molecule has 0 aliphatic rings. The average molecular weight is 273 g/mol. The topological polar surface area (TPSA) is 83.8 Å². The normalized spacial score (nSPS) is 11.9. The van der Waals surface area contributed by atoms with E-state index in [0.29, 0.717) is 12.8 Å². The monoisotopic (exact) mass is 272 g/mol. The Morgan fingerprint density at radius 2 is 2.06 bits per heavy atom. The van der Waals surface area contributed by atoms with Gasteiger partial charge in [0.25, 0.3) is 0 Å². The van der Waals surface area contributed by atoms with Crippen LogP contribution < -0.4 is 4.74 Å². The first-order chi connectivity index (χ1) is 8.45. The molecule has 6 heteroatoms. The Balaban J connectivity index is 3.01. The molecular weight excluding hydrogens is 260 g/mol. The molecule has 98 valence electrons. The number of ether oxygens (including phenoxy) is 1. The second kappa shape index (κ2) is 6.26. The van der Waals surface area contributed by atoms with Crippen LogP contribution in [0.4, 0.5) is 0 Å². The SMILES string of the molecule is CCCC(Oc1ccc(Cl)cc1C(=O)O)C(=O)O. The van der Waals surface area contributed by atoms with Gasteiger partial charge in [0.1, 0.15) is 11.3 Å². The van der Waals surface area contributed by atoms with Crippen LogP contribution in [0.2, 0.25) is 5.02 Å². The van der Waals surface area contributed by atoms with E-state index in [-0.39, 0.29) is 16.3 Å². The third-order valence-electron chi connectivity index (χ3n) is 2.27. The highest BCUT2D eigenvalue weighted by Gasteiger charge is 2.21. The number of hydrogen-bond acceptors (Lipinski definition) is 3. The predicted octanol–water partition coefficient (Wildman–Crippen LogP) is 2.67. The first-order valence-electron chi connectivity index (χ1n) is 5.38. The number of aliphatic carboxylic acids is 1. The molecule has 1 rings (SSSR count). The molecule has 0 saturated carbocycles. The lowest BCUT2D eigenvalue weighted by molar-refractivity contribution is -0.145. The molecule has 18 heavy (non-hydrogen) atoms. The van der Waals surface area contributed by atoms with Crippen molar-refractivity contribution in [1.29, 1.82) is 0 Å². The summed E-state index contributed by atoms with van der Waals surface area (Å²) in [7, 11) is 0. The van der Waals surface area contributed by atoms with Gasteiger partial charge in [0.15, 0.2) is 6.10 Å². The van der Waals surface area contributed by atoms with Crippen molar-refractivity contribution in [2.75, 3.05) is 0 Å². The molecular formula is C12H13ClO5. The molecule has 1 aromatic rings. The van der Waals surface area contributed by atoms with Crippen LogP contribution in [-0.4, -0.2) is 28.3 Å². The van der Waals surface area contributed by atoms with Gasteiger partial charge in [0.2, 0.25) is 0 Å². The minimum Gasteiger partial charge on any atom is -0.479 e.